The van der Waals surface area contributed by atoms with Crippen LogP contribution in [0.1, 0.15) is 15.9 Å². The molecule has 3 aromatic rings. The first-order valence-corrected chi connectivity index (χ1v) is 8.22. The predicted molar refractivity (Wildman–Crippen MR) is 104 cm³/mol. The van der Waals surface area contributed by atoms with E-state index < -0.39 is 10.8 Å². The molecular formula is C19H14ClN3O4. The largest absolute Gasteiger partial charge is 0.496 e. The van der Waals surface area contributed by atoms with Crippen molar-refractivity contribution in [1.82, 2.24) is 5.43 Å². The van der Waals surface area contributed by atoms with Gasteiger partial charge in [0.15, 0.2) is 0 Å². The molecule has 136 valence electrons. The summed E-state index contributed by atoms with van der Waals surface area (Å²) in [5, 5.41) is 16.8. The van der Waals surface area contributed by atoms with E-state index in [1.54, 1.807) is 7.11 Å². The molecule has 0 aliphatic heterocycles. The zero-order chi connectivity index (χ0) is 19.4. The maximum Gasteiger partial charge on any atom is 0.288 e. The van der Waals surface area contributed by atoms with Crippen LogP contribution in [0.15, 0.2) is 59.7 Å². The van der Waals surface area contributed by atoms with Gasteiger partial charge in [-0.05, 0) is 29.0 Å². The molecule has 1 amide bonds. The van der Waals surface area contributed by atoms with Gasteiger partial charge in [0.05, 0.1) is 18.2 Å². The number of halogens is 1. The maximum atomic E-state index is 12.2. The lowest BCUT2D eigenvalue weighted by molar-refractivity contribution is -0.384. The molecule has 0 aromatic heterocycles. The molecule has 1 N–H and O–H groups in total. The number of rotatable bonds is 5. The molecule has 0 radical (unpaired) electrons. The lowest BCUT2D eigenvalue weighted by atomic mass is 10.0. The molecule has 0 atom stereocenters. The van der Waals surface area contributed by atoms with E-state index in [0.29, 0.717) is 11.3 Å². The summed E-state index contributed by atoms with van der Waals surface area (Å²) in [6.45, 7) is 0. The smallest absolute Gasteiger partial charge is 0.288 e. The Balaban J connectivity index is 1.86. The van der Waals surface area contributed by atoms with Crippen LogP contribution in [0, 0.1) is 10.1 Å². The van der Waals surface area contributed by atoms with Crippen LogP contribution in [0.2, 0.25) is 5.02 Å². The van der Waals surface area contributed by atoms with Crippen molar-refractivity contribution < 1.29 is 14.5 Å². The minimum atomic E-state index is -0.649. The summed E-state index contributed by atoms with van der Waals surface area (Å²) in [5.41, 5.74) is 2.80. The van der Waals surface area contributed by atoms with Crippen LogP contribution >= 0.6 is 11.6 Å². The molecule has 0 fully saturated rings. The number of fused-ring (bicyclic) bond motifs is 1. The van der Waals surface area contributed by atoms with Gasteiger partial charge in [-0.15, -0.1) is 0 Å². The highest BCUT2D eigenvalue weighted by atomic mass is 35.5. The van der Waals surface area contributed by atoms with Gasteiger partial charge in [0.1, 0.15) is 10.8 Å². The van der Waals surface area contributed by atoms with Crippen molar-refractivity contribution in [2.75, 3.05) is 7.11 Å². The second-order valence-corrected chi connectivity index (χ2v) is 5.93. The fourth-order valence-corrected chi connectivity index (χ4v) is 2.79. The van der Waals surface area contributed by atoms with Crippen molar-refractivity contribution in [3.63, 3.8) is 0 Å². The van der Waals surface area contributed by atoms with Gasteiger partial charge in [0, 0.05) is 17.2 Å². The zero-order valence-corrected chi connectivity index (χ0v) is 14.9. The van der Waals surface area contributed by atoms with E-state index in [4.69, 9.17) is 16.3 Å². The van der Waals surface area contributed by atoms with Crippen molar-refractivity contribution in [1.29, 1.82) is 0 Å². The summed E-state index contributed by atoms with van der Waals surface area (Å²) in [5.74, 6) is 0.0130. The molecule has 27 heavy (non-hydrogen) atoms. The van der Waals surface area contributed by atoms with Gasteiger partial charge < -0.3 is 4.74 Å². The van der Waals surface area contributed by atoms with Crippen LogP contribution in [0.4, 0.5) is 5.69 Å². The molecule has 8 heteroatoms. The molecule has 0 heterocycles. The number of nitrogens with one attached hydrogen (secondary N) is 1. The van der Waals surface area contributed by atoms with Gasteiger partial charge in [-0.1, -0.05) is 41.9 Å². The predicted octanol–water partition coefficient (Wildman–Crippen LogP) is 4.17. The zero-order valence-electron chi connectivity index (χ0n) is 14.2. The van der Waals surface area contributed by atoms with Crippen molar-refractivity contribution in [2.24, 2.45) is 5.10 Å². The molecule has 0 spiro atoms. The van der Waals surface area contributed by atoms with Crippen LogP contribution in [0.25, 0.3) is 10.8 Å². The number of nitro benzene ring substituents is 1. The summed E-state index contributed by atoms with van der Waals surface area (Å²) < 4.78 is 5.36. The number of hydrogen-bond donors (Lipinski definition) is 1. The third kappa shape index (κ3) is 3.88. The minimum absolute atomic E-state index is 0.0412. The van der Waals surface area contributed by atoms with Gasteiger partial charge in [-0.25, -0.2) is 5.43 Å². The topological polar surface area (TPSA) is 93.8 Å². The summed E-state index contributed by atoms with van der Waals surface area (Å²) in [4.78, 5) is 22.5. The summed E-state index contributed by atoms with van der Waals surface area (Å²) in [7, 11) is 1.55. The Hall–Kier alpha value is -3.45. The molecule has 0 aliphatic carbocycles. The van der Waals surface area contributed by atoms with E-state index in [0.717, 1.165) is 16.8 Å². The van der Waals surface area contributed by atoms with Crippen molar-refractivity contribution >= 4 is 40.2 Å². The minimum Gasteiger partial charge on any atom is -0.496 e. The lowest BCUT2D eigenvalue weighted by Gasteiger charge is -2.08. The molecule has 0 saturated heterocycles. The average Bonchev–Trinajstić information content (AvgIpc) is 2.68. The monoisotopic (exact) mass is 383 g/mol. The van der Waals surface area contributed by atoms with Crippen molar-refractivity contribution in [3.8, 4) is 5.75 Å². The van der Waals surface area contributed by atoms with Gasteiger partial charge >= 0.3 is 0 Å². The lowest BCUT2D eigenvalue weighted by Crippen LogP contribution is -2.17. The van der Waals surface area contributed by atoms with E-state index in [1.807, 2.05) is 36.4 Å². The Bertz CT molecular complexity index is 1070. The molecule has 0 aliphatic rings. The Labute approximate surface area is 159 Å². The normalized spacial score (nSPS) is 10.9. The molecular weight excluding hydrogens is 370 g/mol. The van der Waals surface area contributed by atoms with E-state index in [9.17, 15) is 14.9 Å². The van der Waals surface area contributed by atoms with Crippen LogP contribution in [-0.4, -0.2) is 24.2 Å². The van der Waals surface area contributed by atoms with Gasteiger partial charge in [0.2, 0.25) is 0 Å². The number of methoxy groups -OCH3 is 1. The quantitative estimate of drug-likeness (QED) is 0.406. The standard InChI is InChI=1S/C19H14ClN3O4/c1-27-18-9-7-12-4-2-3-5-14(12)15(18)11-21-22-19(24)13-6-8-16(20)17(10-13)23(25)26/h2-11H,1H3,(H,22,24)/b21-11+. The number of carbonyl (C=O) groups excluding carboxylic acids is 1. The molecule has 0 bridgehead atoms. The van der Waals surface area contributed by atoms with Gasteiger partial charge in [-0.3, -0.25) is 14.9 Å². The first kappa shape index (κ1) is 18.3. The number of hydrogen-bond acceptors (Lipinski definition) is 5. The second kappa shape index (κ2) is 7.84. The SMILES string of the molecule is COc1ccc2ccccc2c1/C=N/NC(=O)c1ccc(Cl)c([N+](=O)[O-])c1. The van der Waals surface area contributed by atoms with Crippen LogP contribution in [0.5, 0.6) is 5.75 Å². The van der Waals surface area contributed by atoms with Gasteiger partial charge in [0.25, 0.3) is 11.6 Å². The van der Waals surface area contributed by atoms with Crippen molar-refractivity contribution in [3.05, 3.63) is 80.9 Å². The number of nitrogens with zero attached hydrogens (tertiary/aromatic N) is 2. The van der Waals surface area contributed by atoms with Crippen LogP contribution in [0.3, 0.4) is 0 Å². The Morgan fingerprint density at radius 1 is 1.22 bits per heavy atom. The molecule has 0 saturated carbocycles. The Morgan fingerprint density at radius 3 is 2.74 bits per heavy atom. The number of amides is 1. The fourth-order valence-electron chi connectivity index (χ4n) is 2.60. The number of ether oxygens (including phenoxy) is 1. The third-order valence-corrected chi connectivity index (χ3v) is 4.23. The Morgan fingerprint density at radius 2 is 2.00 bits per heavy atom. The summed E-state index contributed by atoms with van der Waals surface area (Å²) >= 11 is 5.75. The van der Waals surface area contributed by atoms with Gasteiger partial charge in [-0.2, -0.15) is 5.10 Å². The molecule has 3 aromatic carbocycles. The van der Waals surface area contributed by atoms with E-state index >= 15 is 0 Å². The molecule has 7 nitrogen and oxygen atoms in total. The summed E-state index contributed by atoms with van der Waals surface area (Å²) in [6, 6.07) is 15.2. The number of carbonyl (C=O) groups is 1. The van der Waals surface area contributed by atoms with E-state index in [1.165, 1.54) is 18.3 Å². The fraction of sp³-hybridized carbons (Fsp3) is 0.0526. The van der Waals surface area contributed by atoms with Crippen molar-refractivity contribution in [2.45, 2.75) is 0 Å². The summed E-state index contributed by atoms with van der Waals surface area (Å²) in [6.07, 6.45) is 1.48. The highest BCUT2D eigenvalue weighted by molar-refractivity contribution is 6.32. The maximum absolute atomic E-state index is 12.2. The van der Waals surface area contributed by atoms with Crippen LogP contribution in [-0.2, 0) is 0 Å². The Kier molecular flexibility index (Phi) is 5.33. The molecule has 0 unspecified atom stereocenters. The second-order valence-electron chi connectivity index (χ2n) is 5.53. The number of nitro groups is 1. The third-order valence-electron chi connectivity index (χ3n) is 3.92. The molecule has 3 rings (SSSR count). The highest BCUT2D eigenvalue weighted by Crippen LogP contribution is 2.27. The van der Waals surface area contributed by atoms with Crippen LogP contribution < -0.4 is 10.2 Å². The van der Waals surface area contributed by atoms with E-state index in [2.05, 4.69) is 10.5 Å². The first-order valence-electron chi connectivity index (χ1n) is 7.84. The first-order chi connectivity index (χ1) is 13.0. The average molecular weight is 384 g/mol. The van der Waals surface area contributed by atoms with E-state index in [-0.39, 0.29) is 16.3 Å². The number of hydrazone groups is 1. The highest BCUT2D eigenvalue weighted by Gasteiger charge is 2.16. The number of benzene rings is 3.